The van der Waals surface area contributed by atoms with Crippen LogP contribution in [0, 0.1) is 6.92 Å². The minimum Gasteiger partial charge on any atom is -0.399 e. The van der Waals surface area contributed by atoms with Gasteiger partial charge in [0.2, 0.25) is 5.91 Å². The van der Waals surface area contributed by atoms with Crippen LogP contribution in [0.2, 0.25) is 0 Å². The summed E-state index contributed by atoms with van der Waals surface area (Å²) in [6, 6.07) is 9.26. The molecule has 5 heteroatoms. The van der Waals surface area contributed by atoms with E-state index in [-0.39, 0.29) is 5.91 Å². The molecule has 0 bridgehead atoms. The van der Waals surface area contributed by atoms with Gasteiger partial charge >= 0.3 is 0 Å². The zero-order valence-electron chi connectivity index (χ0n) is 12.3. The lowest BCUT2D eigenvalue weighted by Gasteiger charge is -2.24. The molecule has 0 atom stereocenters. The number of anilines is 2. The molecule has 21 heavy (non-hydrogen) atoms. The monoisotopic (exact) mass is 347 g/mol. The summed E-state index contributed by atoms with van der Waals surface area (Å²) in [5.74, 6) is 0.469. The second kappa shape index (κ2) is 5.85. The molecule has 2 aromatic rings. The molecule has 0 saturated carbocycles. The zero-order chi connectivity index (χ0) is 15.6. The van der Waals surface area contributed by atoms with Crippen molar-refractivity contribution in [1.82, 2.24) is 4.98 Å². The third-order valence-electron chi connectivity index (χ3n) is 3.48. The standard InChI is InChI=1S/C16H18BrN3O/c1-10-8-12(17)9-19-14(10)20-15(21)16(2,3)11-4-6-13(18)7-5-11/h4-9H,18H2,1-3H3,(H,19,20,21). The molecular weight excluding hydrogens is 330 g/mol. The number of rotatable bonds is 3. The first-order chi connectivity index (χ1) is 9.80. The van der Waals surface area contributed by atoms with Crippen LogP contribution in [0.1, 0.15) is 25.0 Å². The smallest absolute Gasteiger partial charge is 0.235 e. The Bertz CT molecular complexity index is 666. The van der Waals surface area contributed by atoms with Crippen LogP contribution in [0.25, 0.3) is 0 Å². The molecule has 0 aliphatic carbocycles. The van der Waals surface area contributed by atoms with Crippen LogP contribution in [0.5, 0.6) is 0 Å². The normalized spacial score (nSPS) is 11.2. The average molecular weight is 348 g/mol. The molecule has 1 amide bonds. The molecule has 0 aliphatic heterocycles. The van der Waals surface area contributed by atoms with E-state index in [4.69, 9.17) is 5.73 Å². The highest BCUT2D eigenvalue weighted by atomic mass is 79.9. The number of pyridine rings is 1. The fourth-order valence-electron chi connectivity index (χ4n) is 1.97. The number of aromatic nitrogens is 1. The van der Waals surface area contributed by atoms with Crippen molar-refractivity contribution in [2.24, 2.45) is 0 Å². The van der Waals surface area contributed by atoms with E-state index in [0.29, 0.717) is 11.5 Å². The minimum atomic E-state index is -0.672. The van der Waals surface area contributed by atoms with Crippen molar-refractivity contribution in [2.75, 3.05) is 11.1 Å². The van der Waals surface area contributed by atoms with Crippen molar-refractivity contribution in [3.05, 3.63) is 52.1 Å². The molecule has 0 fully saturated rings. The molecule has 0 spiro atoms. The van der Waals surface area contributed by atoms with E-state index in [2.05, 4.69) is 26.2 Å². The van der Waals surface area contributed by atoms with E-state index in [1.165, 1.54) is 0 Å². The van der Waals surface area contributed by atoms with Gasteiger partial charge in [0.05, 0.1) is 5.41 Å². The lowest BCUT2D eigenvalue weighted by Crippen LogP contribution is -2.35. The predicted octanol–water partition coefficient (Wildman–Crippen LogP) is 3.65. The number of halogens is 1. The van der Waals surface area contributed by atoms with Gasteiger partial charge in [-0.2, -0.15) is 0 Å². The van der Waals surface area contributed by atoms with E-state index in [9.17, 15) is 4.79 Å². The number of carbonyl (C=O) groups is 1. The molecular formula is C16H18BrN3O. The van der Waals surface area contributed by atoms with Crippen LogP contribution in [0.3, 0.4) is 0 Å². The number of nitrogen functional groups attached to an aromatic ring is 1. The first-order valence-electron chi connectivity index (χ1n) is 6.60. The summed E-state index contributed by atoms with van der Waals surface area (Å²) >= 11 is 3.36. The van der Waals surface area contributed by atoms with Crippen LogP contribution in [-0.4, -0.2) is 10.9 Å². The molecule has 1 heterocycles. The molecule has 1 aromatic carbocycles. The number of hydrogen-bond acceptors (Lipinski definition) is 3. The fourth-order valence-corrected chi connectivity index (χ4v) is 2.41. The summed E-state index contributed by atoms with van der Waals surface area (Å²) in [6.07, 6.45) is 1.67. The second-order valence-electron chi connectivity index (χ2n) is 5.52. The predicted molar refractivity (Wildman–Crippen MR) is 89.2 cm³/mol. The van der Waals surface area contributed by atoms with Gasteiger partial charge in [-0.25, -0.2) is 4.98 Å². The van der Waals surface area contributed by atoms with Gasteiger partial charge in [0, 0.05) is 16.4 Å². The number of aryl methyl sites for hydroxylation is 1. The van der Waals surface area contributed by atoms with Crippen LogP contribution in [-0.2, 0) is 10.2 Å². The molecule has 2 rings (SSSR count). The maximum absolute atomic E-state index is 12.6. The quantitative estimate of drug-likeness (QED) is 0.832. The van der Waals surface area contributed by atoms with E-state index in [1.54, 1.807) is 18.3 Å². The Balaban J connectivity index is 2.24. The summed E-state index contributed by atoms with van der Waals surface area (Å²) < 4.78 is 0.885. The maximum atomic E-state index is 12.6. The van der Waals surface area contributed by atoms with Crippen molar-refractivity contribution in [3.63, 3.8) is 0 Å². The summed E-state index contributed by atoms with van der Waals surface area (Å²) in [6.45, 7) is 5.66. The Morgan fingerprint density at radius 1 is 1.29 bits per heavy atom. The SMILES string of the molecule is Cc1cc(Br)cnc1NC(=O)C(C)(C)c1ccc(N)cc1. The maximum Gasteiger partial charge on any atom is 0.235 e. The van der Waals surface area contributed by atoms with Gasteiger partial charge in [-0.05, 0) is 66.0 Å². The highest BCUT2D eigenvalue weighted by Crippen LogP contribution is 2.26. The highest BCUT2D eigenvalue weighted by molar-refractivity contribution is 9.10. The Hall–Kier alpha value is -1.88. The summed E-state index contributed by atoms with van der Waals surface area (Å²) in [5.41, 5.74) is 7.51. The number of nitrogens with two attached hydrogens (primary N) is 1. The van der Waals surface area contributed by atoms with E-state index in [0.717, 1.165) is 15.6 Å². The topological polar surface area (TPSA) is 68.0 Å². The van der Waals surface area contributed by atoms with Crippen LogP contribution < -0.4 is 11.1 Å². The lowest BCUT2D eigenvalue weighted by molar-refractivity contribution is -0.120. The van der Waals surface area contributed by atoms with Crippen molar-refractivity contribution in [2.45, 2.75) is 26.2 Å². The van der Waals surface area contributed by atoms with Crippen LogP contribution >= 0.6 is 15.9 Å². The minimum absolute atomic E-state index is 0.106. The van der Waals surface area contributed by atoms with Crippen LogP contribution in [0.4, 0.5) is 11.5 Å². The first-order valence-corrected chi connectivity index (χ1v) is 7.39. The number of carbonyl (C=O) groups excluding carboxylic acids is 1. The number of nitrogens with one attached hydrogen (secondary N) is 1. The van der Waals surface area contributed by atoms with Gasteiger partial charge < -0.3 is 11.1 Å². The van der Waals surface area contributed by atoms with E-state index in [1.807, 2.05) is 39.0 Å². The average Bonchev–Trinajstić information content (AvgIpc) is 2.42. The first kappa shape index (κ1) is 15.5. The summed E-state index contributed by atoms with van der Waals surface area (Å²) in [7, 11) is 0. The van der Waals surface area contributed by atoms with Gasteiger partial charge in [0.15, 0.2) is 0 Å². The van der Waals surface area contributed by atoms with Gasteiger partial charge in [0.25, 0.3) is 0 Å². The number of amides is 1. The number of nitrogens with zero attached hydrogens (tertiary/aromatic N) is 1. The Kier molecular flexibility index (Phi) is 4.32. The molecule has 110 valence electrons. The molecule has 4 nitrogen and oxygen atoms in total. The Morgan fingerprint density at radius 3 is 2.48 bits per heavy atom. The zero-order valence-corrected chi connectivity index (χ0v) is 13.9. The number of benzene rings is 1. The van der Waals surface area contributed by atoms with Crippen molar-refractivity contribution < 1.29 is 4.79 Å². The summed E-state index contributed by atoms with van der Waals surface area (Å²) in [5, 5.41) is 2.89. The molecule has 1 aromatic heterocycles. The van der Waals surface area contributed by atoms with Crippen molar-refractivity contribution in [1.29, 1.82) is 0 Å². The molecule has 0 radical (unpaired) electrons. The van der Waals surface area contributed by atoms with Gasteiger partial charge in [-0.15, -0.1) is 0 Å². The number of hydrogen-bond donors (Lipinski definition) is 2. The molecule has 3 N–H and O–H groups in total. The van der Waals surface area contributed by atoms with E-state index >= 15 is 0 Å². The fraction of sp³-hybridized carbons (Fsp3) is 0.250. The van der Waals surface area contributed by atoms with Crippen molar-refractivity contribution >= 4 is 33.3 Å². The third kappa shape index (κ3) is 3.42. The largest absolute Gasteiger partial charge is 0.399 e. The Labute approximate surface area is 132 Å². The molecule has 0 saturated heterocycles. The highest BCUT2D eigenvalue weighted by Gasteiger charge is 2.30. The van der Waals surface area contributed by atoms with Gasteiger partial charge in [-0.1, -0.05) is 12.1 Å². The second-order valence-corrected chi connectivity index (χ2v) is 6.44. The lowest BCUT2D eigenvalue weighted by atomic mass is 9.83. The van der Waals surface area contributed by atoms with Crippen LogP contribution in [0.15, 0.2) is 41.0 Å². The van der Waals surface area contributed by atoms with Crippen molar-refractivity contribution in [3.8, 4) is 0 Å². The Morgan fingerprint density at radius 2 is 1.90 bits per heavy atom. The van der Waals surface area contributed by atoms with E-state index < -0.39 is 5.41 Å². The molecule has 0 aliphatic rings. The molecule has 0 unspecified atom stereocenters. The van der Waals surface area contributed by atoms with Gasteiger partial charge in [0.1, 0.15) is 5.82 Å². The summed E-state index contributed by atoms with van der Waals surface area (Å²) in [4.78, 5) is 16.8. The van der Waals surface area contributed by atoms with Gasteiger partial charge in [-0.3, -0.25) is 4.79 Å². The third-order valence-corrected chi connectivity index (χ3v) is 3.91.